The van der Waals surface area contributed by atoms with E-state index in [9.17, 15) is 0 Å². The van der Waals surface area contributed by atoms with E-state index < -0.39 is 0 Å². The molecule has 3 atom stereocenters. The van der Waals surface area contributed by atoms with Gasteiger partial charge < -0.3 is 15.4 Å². The standard InChI is InChI=1S/C22H27N3O/c1-2-23-22(24-15-17-14-19(17)16-8-4-3-5-9-16)25-20-12-13-26-21-11-7-6-10-18(20)21/h3-11,17,19-20H,2,12-15H2,1H3,(H2,23,24,25). The van der Waals surface area contributed by atoms with E-state index in [-0.39, 0.29) is 6.04 Å². The van der Waals surface area contributed by atoms with Crippen molar-refractivity contribution in [2.24, 2.45) is 10.9 Å². The molecule has 0 amide bonds. The van der Waals surface area contributed by atoms with Crippen molar-refractivity contribution in [2.45, 2.75) is 31.7 Å². The van der Waals surface area contributed by atoms with Crippen LogP contribution in [0.15, 0.2) is 59.6 Å². The highest BCUT2D eigenvalue weighted by molar-refractivity contribution is 5.80. The van der Waals surface area contributed by atoms with Crippen molar-refractivity contribution in [3.8, 4) is 5.75 Å². The van der Waals surface area contributed by atoms with Gasteiger partial charge in [0, 0.05) is 25.1 Å². The molecule has 26 heavy (non-hydrogen) atoms. The van der Waals surface area contributed by atoms with Crippen LogP contribution in [0.3, 0.4) is 0 Å². The zero-order chi connectivity index (χ0) is 17.8. The summed E-state index contributed by atoms with van der Waals surface area (Å²) in [5.74, 6) is 3.23. The van der Waals surface area contributed by atoms with Crippen LogP contribution in [-0.4, -0.2) is 25.7 Å². The number of nitrogens with zero attached hydrogens (tertiary/aromatic N) is 1. The molecule has 0 saturated heterocycles. The van der Waals surface area contributed by atoms with Crippen LogP contribution in [0.4, 0.5) is 0 Å². The van der Waals surface area contributed by atoms with Gasteiger partial charge in [0.05, 0.1) is 12.6 Å². The number of fused-ring (bicyclic) bond motifs is 1. The number of aliphatic imine (C=N–C) groups is 1. The number of guanidine groups is 1. The number of hydrogen-bond donors (Lipinski definition) is 2. The van der Waals surface area contributed by atoms with Gasteiger partial charge in [0.1, 0.15) is 5.75 Å². The van der Waals surface area contributed by atoms with Gasteiger partial charge in [0.25, 0.3) is 0 Å². The smallest absolute Gasteiger partial charge is 0.191 e. The Hall–Kier alpha value is -2.49. The van der Waals surface area contributed by atoms with Crippen molar-refractivity contribution < 1.29 is 4.74 Å². The Kier molecular flexibility index (Phi) is 5.09. The average Bonchev–Trinajstić information content (AvgIpc) is 3.47. The molecule has 4 nitrogen and oxygen atoms in total. The minimum Gasteiger partial charge on any atom is -0.493 e. The first kappa shape index (κ1) is 17.0. The monoisotopic (exact) mass is 349 g/mol. The second-order valence-electron chi connectivity index (χ2n) is 7.10. The normalized spacial score (nSPS) is 24.3. The van der Waals surface area contributed by atoms with Crippen molar-refractivity contribution in [3.05, 3.63) is 65.7 Å². The molecule has 4 heteroatoms. The Balaban J connectivity index is 1.40. The maximum absolute atomic E-state index is 5.77. The first-order valence-corrected chi connectivity index (χ1v) is 9.66. The SMILES string of the molecule is CCNC(=NCC1CC1c1ccccc1)NC1CCOc2ccccc21. The molecule has 2 aromatic carbocycles. The highest BCUT2D eigenvalue weighted by Crippen LogP contribution is 2.47. The first-order chi connectivity index (χ1) is 12.8. The van der Waals surface area contributed by atoms with E-state index in [0.717, 1.165) is 37.8 Å². The Morgan fingerprint density at radius 1 is 1.12 bits per heavy atom. The molecule has 1 heterocycles. The van der Waals surface area contributed by atoms with E-state index in [1.54, 1.807) is 0 Å². The van der Waals surface area contributed by atoms with Gasteiger partial charge in [-0.2, -0.15) is 0 Å². The summed E-state index contributed by atoms with van der Waals surface area (Å²) >= 11 is 0. The van der Waals surface area contributed by atoms with E-state index in [2.05, 4.69) is 60.0 Å². The van der Waals surface area contributed by atoms with E-state index in [4.69, 9.17) is 9.73 Å². The third kappa shape index (κ3) is 3.85. The second-order valence-corrected chi connectivity index (χ2v) is 7.10. The summed E-state index contributed by atoms with van der Waals surface area (Å²) < 4.78 is 5.77. The molecule has 1 saturated carbocycles. The van der Waals surface area contributed by atoms with Gasteiger partial charge >= 0.3 is 0 Å². The van der Waals surface area contributed by atoms with E-state index in [1.165, 1.54) is 17.5 Å². The fourth-order valence-corrected chi connectivity index (χ4v) is 3.74. The summed E-state index contributed by atoms with van der Waals surface area (Å²) in [6.07, 6.45) is 2.20. The molecule has 0 aromatic heterocycles. The van der Waals surface area contributed by atoms with Crippen LogP contribution in [-0.2, 0) is 0 Å². The van der Waals surface area contributed by atoms with Crippen LogP contribution < -0.4 is 15.4 Å². The maximum atomic E-state index is 5.77. The maximum Gasteiger partial charge on any atom is 0.191 e. The minimum absolute atomic E-state index is 0.252. The lowest BCUT2D eigenvalue weighted by molar-refractivity contribution is 0.261. The number of nitrogens with one attached hydrogen (secondary N) is 2. The fraction of sp³-hybridized carbons (Fsp3) is 0.409. The second kappa shape index (κ2) is 7.81. The van der Waals surface area contributed by atoms with Crippen LogP contribution in [0.5, 0.6) is 5.75 Å². The predicted octanol–water partition coefficient (Wildman–Crippen LogP) is 3.87. The lowest BCUT2D eigenvalue weighted by Crippen LogP contribution is -2.41. The number of hydrogen-bond acceptors (Lipinski definition) is 2. The van der Waals surface area contributed by atoms with E-state index in [0.29, 0.717) is 11.8 Å². The molecule has 2 N–H and O–H groups in total. The molecule has 4 rings (SSSR count). The topological polar surface area (TPSA) is 45.7 Å². The minimum atomic E-state index is 0.252. The number of benzene rings is 2. The summed E-state index contributed by atoms with van der Waals surface area (Å²) in [5.41, 5.74) is 2.67. The van der Waals surface area contributed by atoms with E-state index in [1.807, 2.05) is 12.1 Å². The van der Waals surface area contributed by atoms with Crippen molar-refractivity contribution in [3.63, 3.8) is 0 Å². The molecular weight excluding hydrogens is 322 g/mol. The summed E-state index contributed by atoms with van der Waals surface area (Å²) in [4.78, 5) is 4.87. The zero-order valence-electron chi connectivity index (χ0n) is 15.3. The summed E-state index contributed by atoms with van der Waals surface area (Å²) in [5, 5.41) is 7.01. The fourth-order valence-electron chi connectivity index (χ4n) is 3.74. The molecule has 136 valence electrons. The number of ether oxygens (including phenoxy) is 1. The van der Waals surface area contributed by atoms with Crippen LogP contribution in [0.25, 0.3) is 0 Å². The Morgan fingerprint density at radius 2 is 1.92 bits per heavy atom. The molecule has 3 unspecified atom stereocenters. The quantitative estimate of drug-likeness (QED) is 0.636. The van der Waals surface area contributed by atoms with Gasteiger partial charge in [0.2, 0.25) is 0 Å². The molecule has 1 aliphatic heterocycles. The first-order valence-electron chi connectivity index (χ1n) is 9.66. The number of para-hydroxylation sites is 1. The molecule has 1 fully saturated rings. The lowest BCUT2D eigenvalue weighted by atomic mass is 10.0. The molecule has 2 aromatic rings. The lowest BCUT2D eigenvalue weighted by Gasteiger charge is -2.28. The molecule has 0 bridgehead atoms. The Labute approximate surface area is 155 Å². The third-order valence-corrected chi connectivity index (χ3v) is 5.25. The Morgan fingerprint density at radius 3 is 2.77 bits per heavy atom. The zero-order valence-corrected chi connectivity index (χ0v) is 15.3. The molecule has 0 spiro atoms. The van der Waals surface area contributed by atoms with Gasteiger partial charge in [-0.3, -0.25) is 4.99 Å². The van der Waals surface area contributed by atoms with Crippen molar-refractivity contribution in [1.29, 1.82) is 0 Å². The summed E-state index contributed by atoms with van der Waals surface area (Å²) in [7, 11) is 0. The summed E-state index contributed by atoms with van der Waals surface area (Å²) in [6, 6.07) is 19.3. The average molecular weight is 349 g/mol. The van der Waals surface area contributed by atoms with Gasteiger partial charge in [-0.1, -0.05) is 48.5 Å². The van der Waals surface area contributed by atoms with Gasteiger partial charge in [-0.25, -0.2) is 0 Å². The summed E-state index contributed by atoms with van der Waals surface area (Å²) in [6.45, 7) is 4.59. The molecule has 0 radical (unpaired) electrons. The van der Waals surface area contributed by atoms with E-state index >= 15 is 0 Å². The molecule has 1 aliphatic carbocycles. The van der Waals surface area contributed by atoms with Crippen molar-refractivity contribution >= 4 is 5.96 Å². The predicted molar refractivity (Wildman–Crippen MR) is 106 cm³/mol. The van der Waals surface area contributed by atoms with Gasteiger partial charge in [-0.05, 0) is 36.8 Å². The molecular formula is C22H27N3O. The van der Waals surface area contributed by atoms with Crippen molar-refractivity contribution in [2.75, 3.05) is 19.7 Å². The van der Waals surface area contributed by atoms with Gasteiger partial charge in [0.15, 0.2) is 5.96 Å². The molecule has 2 aliphatic rings. The Bertz CT molecular complexity index is 759. The van der Waals surface area contributed by atoms with Crippen LogP contribution in [0.2, 0.25) is 0 Å². The van der Waals surface area contributed by atoms with Crippen LogP contribution in [0, 0.1) is 5.92 Å². The highest BCUT2D eigenvalue weighted by Gasteiger charge is 2.37. The number of rotatable bonds is 5. The van der Waals surface area contributed by atoms with Crippen molar-refractivity contribution in [1.82, 2.24) is 10.6 Å². The van der Waals surface area contributed by atoms with Crippen LogP contribution in [0.1, 0.15) is 42.9 Å². The third-order valence-electron chi connectivity index (χ3n) is 5.25. The largest absolute Gasteiger partial charge is 0.493 e. The highest BCUT2D eigenvalue weighted by atomic mass is 16.5. The van der Waals surface area contributed by atoms with Crippen LogP contribution >= 0.6 is 0 Å². The van der Waals surface area contributed by atoms with Gasteiger partial charge in [-0.15, -0.1) is 0 Å².